The molecule has 0 amide bonds. The molecule has 0 aliphatic rings. The van der Waals surface area contributed by atoms with E-state index >= 15 is 0 Å². The number of aromatic nitrogens is 3. The predicted molar refractivity (Wildman–Crippen MR) is 69.8 cm³/mol. The second-order valence-electron chi connectivity index (χ2n) is 3.14. The number of hydrogen-bond acceptors (Lipinski definition) is 5. The van der Waals surface area contributed by atoms with Gasteiger partial charge in [0.1, 0.15) is 10.0 Å². The van der Waals surface area contributed by atoms with E-state index < -0.39 is 10.0 Å². The van der Waals surface area contributed by atoms with Gasteiger partial charge < -0.3 is 0 Å². The molecule has 0 spiro atoms. The van der Waals surface area contributed by atoms with Gasteiger partial charge in [0.2, 0.25) is 0 Å². The fourth-order valence-electron chi connectivity index (χ4n) is 1.14. The summed E-state index contributed by atoms with van der Waals surface area (Å²) in [7, 11) is -3.84. The minimum Gasteiger partial charge on any atom is -0.262 e. The molecule has 94 valence electrons. The van der Waals surface area contributed by atoms with Crippen molar-refractivity contribution in [1.29, 1.82) is 0 Å². The number of nitrogens with zero attached hydrogens (tertiary/aromatic N) is 3. The minimum atomic E-state index is -3.84. The number of sulfonamides is 1. The highest BCUT2D eigenvalue weighted by Crippen LogP contribution is 2.24. The van der Waals surface area contributed by atoms with E-state index in [1.165, 1.54) is 30.9 Å². The van der Waals surface area contributed by atoms with Crippen molar-refractivity contribution >= 4 is 43.4 Å². The van der Waals surface area contributed by atoms with Gasteiger partial charge in [-0.1, -0.05) is 11.6 Å². The fraction of sp³-hybridized carbons (Fsp3) is 0. The summed E-state index contributed by atoms with van der Waals surface area (Å²) in [4.78, 5) is 11.2. The first-order valence-corrected chi connectivity index (χ1v) is 7.24. The molecule has 2 aromatic heterocycles. The third kappa shape index (κ3) is 2.95. The van der Waals surface area contributed by atoms with Crippen LogP contribution in [-0.4, -0.2) is 23.4 Å². The van der Waals surface area contributed by atoms with Crippen molar-refractivity contribution in [3.05, 3.63) is 40.5 Å². The monoisotopic (exact) mass is 348 g/mol. The average Bonchev–Trinajstić information content (AvgIpc) is 2.33. The molecule has 0 atom stereocenters. The van der Waals surface area contributed by atoms with E-state index in [2.05, 4.69) is 35.6 Å². The molecule has 2 heterocycles. The summed E-state index contributed by atoms with van der Waals surface area (Å²) in [5.74, 6) is 0.105. The van der Waals surface area contributed by atoms with E-state index in [-0.39, 0.29) is 15.9 Å². The van der Waals surface area contributed by atoms with Crippen molar-refractivity contribution < 1.29 is 8.42 Å². The SMILES string of the molecule is O=S(=O)(Nc1cnccn1)c1cc(Br)cnc1Cl. The Morgan fingerprint density at radius 1 is 1.22 bits per heavy atom. The van der Waals surface area contributed by atoms with Gasteiger partial charge in [-0.3, -0.25) is 9.71 Å². The number of rotatable bonds is 3. The molecule has 0 aliphatic heterocycles. The largest absolute Gasteiger partial charge is 0.266 e. The van der Waals surface area contributed by atoms with E-state index in [1.54, 1.807) is 0 Å². The summed E-state index contributed by atoms with van der Waals surface area (Å²) < 4.78 is 26.9. The van der Waals surface area contributed by atoms with E-state index in [0.717, 1.165) is 0 Å². The molecule has 0 bridgehead atoms. The molecule has 2 rings (SSSR count). The Labute approximate surface area is 117 Å². The molecule has 6 nitrogen and oxygen atoms in total. The Kier molecular flexibility index (Phi) is 3.79. The zero-order chi connectivity index (χ0) is 13.2. The third-order valence-corrected chi connectivity index (χ3v) is 4.08. The third-order valence-electron chi connectivity index (χ3n) is 1.87. The maximum atomic E-state index is 12.1. The highest BCUT2D eigenvalue weighted by Gasteiger charge is 2.20. The second-order valence-corrected chi connectivity index (χ2v) is 6.06. The lowest BCUT2D eigenvalue weighted by atomic mass is 10.5. The first-order chi connectivity index (χ1) is 8.49. The number of anilines is 1. The van der Waals surface area contributed by atoms with Gasteiger partial charge in [-0.25, -0.2) is 18.4 Å². The van der Waals surface area contributed by atoms with Crippen molar-refractivity contribution in [3.8, 4) is 0 Å². The van der Waals surface area contributed by atoms with Crippen molar-refractivity contribution in [2.24, 2.45) is 0 Å². The predicted octanol–water partition coefficient (Wildman–Crippen LogP) is 2.09. The quantitative estimate of drug-likeness (QED) is 0.858. The van der Waals surface area contributed by atoms with Gasteiger partial charge in [0.05, 0.1) is 6.20 Å². The highest BCUT2D eigenvalue weighted by atomic mass is 79.9. The molecule has 0 radical (unpaired) electrons. The molecular formula is C9H6BrClN4O2S. The van der Waals surface area contributed by atoms with Gasteiger partial charge >= 0.3 is 0 Å². The van der Waals surface area contributed by atoms with Crippen LogP contribution in [0.4, 0.5) is 5.82 Å². The summed E-state index contributed by atoms with van der Waals surface area (Å²) in [5, 5.41) is -0.116. The first kappa shape index (κ1) is 13.2. The summed E-state index contributed by atoms with van der Waals surface area (Å²) in [6.45, 7) is 0. The topological polar surface area (TPSA) is 84.8 Å². The van der Waals surface area contributed by atoms with E-state index in [4.69, 9.17) is 11.6 Å². The molecule has 1 N–H and O–H groups in total. The van der Waals surface area contributed by atoms with Crippen LogP contribution in [0.25, 0.3) is 0 Å². The van der Waals surface area contributed by atoms with Crippen LogP contribution in [0.15, 0.2) is 40.2 Å². The van der Waals surface area contributed by atoms with Gasteiger partial charge in [-0.15, -0.1) is 0 Å². The van der Waals surface area contributed by atoms with Crippen molar-refractivity contribution in [2.75, 3.05) is 4.72 Å². The first-order valence-electron chi connectivity index (χ1n) is 4.59. The Hall–Kier alpha value is -1.25. The summed E-state index contributed by atoms with van der Waals surface area (Å²) >= 11 is 8.89. The van der Waals surface area contributed by atoms with Crippen molar-refractivity contribution in [3.63, 3.8) is 0 Å². The van der Waals surface area contributed by atoms with Gasteiger partial charge in [-0.2, -0.15) is 0 Å². The van der Waals surface area contributed by atoms with Gasteiger partial charge in [0.15, 0.2) is 5.82 Å². The van der Waals surface area contributed by atoms with Crippen LogP contribution in [0.5, 0.6) is 0 Å². The summed E-state index contributed by atoms with van der Waals surface area (Å²) in [5.41, 5.74) is 0. The normalized spacial score (nSPS) is 11.2. The molecular weight excluding hydrogens is 344 g/mol. The van der Waals surface area contributed by atoms with Crippen molar-refractivity contribution in [1.82, 2.24) is 15.0 Å². The number of halogens is 2. The fourth-order valence-corrected chi connectivity index (χ4v) is 3.08. The zero-order valence-corrected chi connectivity index (χ0v) is 11.9. The second kappa shape index (κ2) is 5.17. The van der Waals surface area contributed by atoms with Crippen LogP contribution >= 0.6 is 27.5 Å². The van der Waals surface area contributed by atoms with Crippen LogP contribution in [-0.2, 0) is 10.0 Å². The maximum absolute atomic E-state index is 12.1. The van der Waals surface area contributed by atoms with Crippen LogP contribution < -0.4 is 4.72 Å². The van der Waals surface area contributed by atoms with Gasteiger partial charge in [0, 0.05) is 23.1 Å². The average molecular weight is 350 g/mol. The number of pyridine rings is 1. The lowest BCUT2D eigenvalue weighted by Crippen LogP contribution is -2.15. The number of hydrogen-bond donors (Lipinski definition) is 1. The Morgan fingerprint density at radius 3 is 2.67 bits per heavy atom. The summed E-state index contributed by atoms with van der Waals surface area (Å²) in [6, 6.07) is 1.36. The zero-order valence-electron chi connectivity index (χ0n) is 8.71. The molecule has 18 heavy (non-hydrogen) atoms. The molecule has 2 aromatic rings. The molecule has 0 saturated heterocycles. The Morgan fingerprint density at radius 2 is 2.00 bits per heavy atom. The molecule has 0 aliphatic carbocycles. The lowest BCUT2D eigenvalue weighted by molar-refractivity contribution is 0.600. The molecule has 0 saturated carbocycles. The molecule has 0 unspecified atom stereocenters. The van der Waals surface area contributed by atoms with Crippen molar-refractivity contribution in [2.45, 2.75) is 4.90 Å². The lowest BCUT2D eigenvalue weighted by Gasteiger charge is -2.07. The standard InChI is InChI=1S/C9H6BrClN4O2S/c10-6-3-7(9(11)14-4-6)18(16,17)15-8-5-12-1-2-13-8/h1-5H,(H,13,15). The summed E-state index contributed by atoms with van der Waals surface area (Å²) in [6.07, 6.45) is 5.50. The van der Waals surface area contributed by atoms with Crippen LogP contribution in [0, 0.1) is 0 Å². The van der Waals surface area contributed by atoms with E-state index in [9.17, 15) is 8.42 Å². The molecule has 0 aromatic carbocycles. The Balaban J connectivity index is 2.40. The number of nitrogens with one attached hydrogen (secondary N) is 1. The van der Waals surface area contributed by atoms with E-state index in [0.29, 0.717) is 4.47 Å². The van der Waals surface area contributed by atoms with Gasteiger partial charge in [0.25, 0.3) is 10.0 Å². The molecule has 0 fully saturated rings. The smallest absolute Gasteiger partial charge is 0.262 e. The highest BCUT2D eigenvalue weighted by molar-refractivity contribution is 9.10. The molecule has 9 heteroatoms. The van der Waals surface area contributed by atoms with E-state index in [1.807, 2.05) is 0 Å². The Bertz CT molecular complexity index is 666. The maximum Gasteiger partial charge on any atom is 0.266 e. The minimum absolute atomic E-state index is 0.105. The van der Waals surface area contributed by atoms with Crippen LogP contribution in [0.3, 0.4) is 0 Å². The van der Waals surface area contributed by atoms with Crippen LogP contribution in [0.1, 0.15) is 0 Å². The van der Waals surface area contributed by atoms with Gasteiger partial charge in [-0.05, 0) is 22.0 Å². The van der Waals surface area contributed by atoms with Crippen LogP contribution in [0.2, 0.25) is 5.15 Å².